The highest BCUT2D eigenvalue weighted by Crippen LogP contribution is 2.28. The average molecular weight is 386 g/mol. The molecule has 3 aromatic rings. The second-order valence-electron chi connectivity index (χ2n) is 7.01. The van der Waals surface area contributed by atoms with Crippen molar-refractivity contribution in [1.29, 1.82) is 5.26 Å². The molecule has 29 heavy (non-hydrogen) atoms. The number of amides is 1. The van der Waals surface area contributed by atoms with Crippen LogP contribution >= 0.6 is 0 Å². The number of carbonyl (C=O) groups excluding carboxylic acids is 1. The summed E-state index contributed by atoms with van der Waals surface area (Å²) in [6.07, 6.45) is 0.947. The molecule has 0 heterocycles. The number of nitrogens with one attached hydrogen (secondary N) is 1. The second kappa shape index (κ2) is 9.03. The standard InChI is InChI=1S/C24H22N2O3/c1-16(20-10-4-7-18-6-2-3-9-21(18)20)24(29)26-22-13-12-17(15-25)14-19(22)8-5-11-23(27)28/h2-4,6-7,9-10,12-14,16H,5,8,11H2,1H3,(H,26,29)(H,27,28). The van der Waals surface area contributed by atoms with Crippen LogP contribution in [0.4, 0.5) is 5.69 Å². The zero-order chi connectivity index (χ0) is 20.8. The van der Waals surface area contributed by atoms with Crippen molar-refractivity contribution in [3.63, 3.8) is 0 Å². The quantitative estimate of drug-likeness (QED) is 0.607. The summed E-state index contributed by atoms with van der Waals surface area (Å²) in [4.78, 5) is 23.8. The lowest BCUT2D eigenvalue weighted by Crippen LogP contribution is -2.20. The predicted molar refractivity (Wildman–Crippen MR) is 113 cm³/mol. The highest BCUT2D eigenvalue weighted by Gasteiger charge is 2.19. The summed E-state index contributed by atoms with van der Waals surface area (Å²) in [5.41, 5.74) is 2.81. The van der Waals surface area contributed by atoms with Crippen molar-refractivity contribution >= 4 is 28.3 Å². The number of anilines is 1. The smallest absolute Gasteiger partial charge is 0.303 e. The van der Waals surface area contributed by atoms with Gasteiger partial charge in [0.2, 0.25) is 5.91 Å². The largest absolute Gasteiger partial charge is 0.481 e. The van der Waals surface area contributed by atoms with Gasteiger partial charge in [0.05, 0.1) is 17.6 Å². The Labute approximate surface area is 169 Å². The van der Waals surface area contributed by atoms with E-state index in [-0.39, 0.29) is 18.2 Å². The van der Waals surface area contributed by atoms with Crippen molar-refractivity contribution in [2.24, 2.45) is 0 Å². The number of hydrogen-bond acceptors (Lipinski definition) is 3. The Morgan fingerprint density at radius 2 is 1.86 bits per heavy atom. The molecule has 0 aliphatic rings. The molecule has 146 valence electrons. The van der Waals surface area contributed by atoms with Crippen molar-refractivity contribution in [1.82, 2.24) is 0 Å². The third-order valence-corrected chi connectivity index (χ3v) is 5.01. The molecule has 0 aliphatic carbocycles. The first-order valence-electron chi connectivity index (χ1n) is 9.53. The zero-order valence-corrected chi connectivity index (χ0v) is 16.2. The van der Waals surface area contributed by atoms with Crippen molar-refractivity contribution < 1.29 is 14.7 Å². The molecule has 0 radical (unpaired) electrons. The van der Waals surface area contributed by atoms with Gasteiger partial charge in [-0.15, -0.1) is 0 Å². The minimum absolute atomic E-state index is 0.0383. The Balaban J connectivity index is 1.84. The van der Waals surface area contributed by atoms with E-state index in [1.807, 2.05) is 49.4 Å². The molecule has 0 saturated heterocycles. The Morgan fingerprint density at radius 3 is 2.62 bits per heavy atom. The molecule has 2 N–H and O–H groups in total. The third-order valence-electron chi connectivity index (χ3n) is 5.01. The number of benzene rings is 3. The highest BCUT2D eigenvalue weighted by molar-refractivity contribution is 5.99. The van der Waals surface area contributed by atoms with Crippen LogP contribution in [0.5, 0.6) is 0 Å². The maximum atomic E-state index is 13.0. The van der Waals surface area contributed by atoms with E-state index in [0.717, 1.165) is 21.9 Å². The van der Waals surface area contributed by atoms with Crippen molar-refractivity contribution in [3.8, 4) is 6.07 Å². The molecule has 1 unspecified atom stereocenters. The van der Waals surface area contributed by atoms with E-state index >= 15 is 0 Å². The predicted octanol–water partition coefficient (Wildman–Crippen LogP) is 4.86. The normalized spacial score (nSPS) is 11.6. The van der Waals surface area contributed by atoms with E-state index in [0.29, 0.717) is 24.1 Å². The lowest BCUT2D eigenvalue weighted by atomic mass is 9.94. The third kappa shape index (κ3) is 4.80. The van der Waals surface area contributed by atoms with Crippen LogP contribution in [-0.4, -0.2) is 17.0 Å². The number of fused-ring (bicyclic) bond motifs is 1. The molecular formula is C24H22N2O3. The monoisotopic (exact) mass is 386 g/mol. The molecule has 0 bridgehead atoms. The van der Waals surface area contributed by atoms with Crippen molar-refractivity contribution in [2.45, 2.75) is 32.1 Å². The van der Waals surface area contributed by atoms with Gasteiger partial charge in [-0.1, -0.05) is 42.5 Å². The summed E-state index contributed by atoms with van der Waals surface area (Å²) in [5.74, 6) is -1.38. The van der Waals surface area contributed by atoms with Crippen LogP contribution in [0.25, 0.3) is 10.8 Å². The summed E-state index contributed by atoms with van der Waals surface area (Å²) < 4.78 is 0. The average Bonchev–Trinajstić information content (AvgIpc) is 2.73. The molecule has 5 heteroatoms. The van der Waals surface area contributed by atoms with Crippen LogP contribution in [0.2, 0.25) is 0 Å². The summed E-state index contributed by atoms with van der Waals surface area (Å²) in [5, 5.41) is 23.1. The fraction of sp³-hybridized carbons (Fsp3) is 0.208. The number of aryl methyl sites for hydroxylation is 1. The molecule has 1 atom stereocenters. The lowest BCUT2D eigenvalue weighted by molar-refractivity contribution is -0.137. The minimum atomic E-state index is -0.864. The van der Waals surface area contributed by atoms with Gasteiger partial charge in [0.15, 0.2) is 0 Å². The minimum Gasteiger partial charge on any atom is -0.481 e. The SMILES string of the molecule is CC(C(=O)Nc1ccc(C#N)cc1CCCC(=O)O)c1cccc2ccccc12. The van der Waals surface area contributed by atoms with Crippen LogP contribution in [0.1, 0.15) is 42.4 Å². The Kier molecular flexibility index (Phi) is 6.25. The number of carboxylic acids is 1. The number of hydrogen-bond donors (Lipinski definition) is 2. The Bertz CT molecular complexity index is 1090. The first-order chi connectivity index (χ1) is 14.0. The Morgan fingerprint density at radius 1 is 1.10 bits per heavy atom. The molecule has 0 saturated carbocycles. The van der Waals surface area contributed by atoms with Crippen molar-refractivity contribution in [2.75, 3.05) is 5.32 Å². The summed E-state index contributed by atoms with van der Waals surface area (Å²) in [7, 11) is 0. The number of carbonyl (C=O) groups is 2. The van der Waals surface area contributed by atoms with E-state index in [9.17, 15) is 9.59 Å². The maximum Gasteiger partial charge on any atom is 0.303 e. The number of nitriles is 1. The summed E-state index contributed by atoms with van der Waals surface area (Å²) in [6.45, 7) is 1.87. The zero-order valence-electron chi connectivity index (χ0n) is 16.2. The first kappa shape index (κ1) is 20.1. The first-order valence-corrected chi connectivity index (χ1v) is 9.53. The van der Waals surface area contributed by atoms with E-state index in [1.54, 1.807) is 18.2 Å². The van der Waals surface area contributed by atoms with Gasteiger partial charge in [-0.05, 0) is 59.9 Å². The molecule has 0 aromatic heterocycles. The molecule has 3 rings (SSSR count). The van der Waals surface area contributed by atoms with Gasteiger partial charge in [-0.2, -0.15) is 5.26 Å². The van der Waals surface area contributed by atoms with Crippen LogP contribution in [0, 0.1) is 11.3 Å². The molecule has 1 amide bonds. The van der Waals surface area contributed by atoms with Gasteiger partial charge in [0.25, 0.3) is 0 Å². The highest BCUT2D eigenvalue weighted by atomic mass is 16.4. The molecule has 3 aromatic carbocycles. The second-order valence-corrected chi connectivity index (χ2v) is 7.01. The van der Waals surface area contributed by atoms with E-state index in [4.69, 9.17) is 10.4 Å². The van der Waals surface area contributed by atoms with Gasteiger partial charge in [-0.3, -0.25) is 9.59 Å². The number of aliphatic carboxylic acids is 1. The Hall–Kier alpha value is -3.65. The lowest BCUT2D eigenvalue weighted by Gasteiger charge is -2.17. The maximum absolute atomic E-state index is 13.0. The van der Waals surface area contributed by atoms with E-state index in [2.05, 4.69) is 11.4 Å². The summed E-state index contributed by atoms with van der Waals surface area (Å²) in [6, 6.07) is 21.0. The topological polar surface area (TPSA) is 90.2 Å². The van der Waals surface area contributed by atoms with Gasteiger partial charge >= 0.3 is 5.97 Å². The fourth-order valence-electron chi connectivity index (χ4n) is 3.43. The molecular weight excluding hydrogens is 364 g/mol. The van der Waals surface area contributed by atoms with Gasteiger partial charge in [0, 0.05) is 12.1 Å². The van der Waals surface area contributed by atoms with Gasteiger partial charge in [0.1, 0.15) is 0 Å². The fourth-order valence-corrected chi connectivity index (χ4v) is 3.43. The van der Waals surface area contributed by atoms with Gasteiger partial charge in [-0.25, -0.2) is 0 Å². The van der Waals surface area contributed by atoms with Crippen LogP contribution in [0.15, 0.2) is 60.7 Å². The molecule has 5 nitrogen and oxygen atoms in total. The molecule has 0 aliphatic heterocycles. The van der Waals surface area contributed by atoms with E-state index < -0.39 is 5.97 Å². The van der Waals surface area contributed by atoms with Crippen molar-refractivity contribution in [3.05, 3.63) is 77.4 Å². The van der Waals surface area contributed by atoms with E-state index in [1.165, 1.54) is 0 Å². The number of carboxylic acid groups (broad SMARTS) is 1. The van der Waals surface area contributed by atoms with Crippen LogP contribution in [0.3, 0.4) is 0 Å². The van der Waals surface area contributed by atoms with Crippen LogP contribution < -0.4 is 5.32 Å². The number of rotatable bonds is 7. The molecule has 0 fully saturated rings. The number of nitrogens with zero attached hydrogens (tertiary/aromatic N) is 1. The summed E-state index contributed by atoms with van der Waals surface area (Å²) >= 11 is 0. The van der Waals surface area contributed by atoms with Crippen LogP contribution in [-0.2, 0) is 16.0 Å². The molecule has 0 spiro atoms. The van der Waals surface area contributed by atoms with Gasteiger partial charge < -0.3 is 10.4 Å².